The van der Waals surface area contributed by atoms with Crippen LogP contribution >= 0.6 is 0 Å². The van der Waals surface area contributed by atoms with Gasteiger partial charge in [0.2, 0.25) is 0 Å². The number of alkyl halides is 3. The standard InChI is InChI=1S/C14H25F3N2O2/c1-4-7-18-13(2,12(20)21-3)10-19-8-5-6-11(9-19)14(15,16)17/h11,18H,4-10H2,1-3H3. The first-order valence-corrected chi connectivity index (χ1v) is 7.35. The van der Waals surface area contributed by atoms with Crippen molar-refractivity contribution < 1.29 is 22.7 Å². The molecule has 0 bridgehead atoms. The summed E-state index contributed by atoms with van der Waals surface area (Å²) < 4.78 is 43.3. The van der Waals surface area contributed by atoms with Gasteiger partial charge in [0, 0.05) is 13.1 Å². The van der Waals surface area contributed by atoms with Gasteiger partial charge in [0.25, 0.3) is 0 Å². The number of hydrogen-bond acceptors (Lipinski definition) is 4. The van der Waals surface area contributed by atoms with Crippen LogP contribution in [0.2, 0.25) is 0 Å². The summed E-state index contributed by atoms with van der Waals surface area (Å²) in [5, 5.41) is 3.10. The summed E-state index contributed by atoms with van der Waals surface area (Å²) in [5.41, 5.74) is -0.974. The smallest absolute Gasteiger partial charge is 0.393 e. The van der Waals surface area contributed by atoms with E-state index in [9.17, 15) is 18.0 Å². The fraction of sp³-hybridized carbons (Fsp3) is 0.929. The Morgan fingerprint density at radius 3 is 2.62 bits per heavy atom. The van der Waals surface area contributed by atoms with Crippen molar-refractivity contribution in [2.24, 2.45) is 5.92 Å². The Kier molecular flexibility index (Phi) is 6.46. The largest absolute Gasteiger partial charge is 0.468 e. The lowest BCUT2D eigenvalue weighted by molar-refractivity contribution is -0.187. The Balaban J connectivity index is 2.72. The molecule has 1 N–H and O–H groups in total. The van der Waals surface area contributed by atoms with Gasteiger partial charge < -0.3 is 15.0 Å². The van der Waals surface area contributed by atoms with Crippen LogP contribution in [0.15, 0.2) is 0 Å². The predicted molar refractivity (Wildman–Crippen MR) is 73.9 cm³/mol. The third-order valence-corrected chi connectivity index (χ3v) is 3.91. The number of piperidine rings is 1. The summed E-state index contributed by atoms with van der Waals surface area (Å²) >= 11 is 0. The van der Waals surface area contributed by atoms with E-state index in [-0.39, 0.29) is 19.5 Å². The Morgan fingerprint density at radius 1 is 1.43 bits per heavy atom. The highest BCUT2D eigenvalue weighted by molar-refractivity contribution is 5.80. The van der Waals surface area contributed by atoms with E-state index >= 15 is 0 Å². The molecule has 0 aromatic carbocycles. The van der Waals surface area contributed by atoms with Crippen LogP contribution in [0.5, 0.6) is 0 Å². The molecule has 1 rings (SSSR count). The maximum Gasteiger partial charge on any atom is 0.393 e. The van der Waals surface area contributed by atoms with Crippen molar-refractivity contribution in [3.05, 3.63) is 0 Å². The molecular weight excluding hydrogens is 285 g/mol. The van der Waals surface area contributed by atoms with Crippen molar-refractivity contribution >= 4 is 5.97 Å². The zero-order valence-electron chi connectivity index (χ0n) is 12.9. The molecule has 0 spiro atoms. The Labute approximate surface area is 124 Å². The monoisotopic (exact) mass is 310 g/mol. The van der Waals surface area contributed by atoms with Gasteiger partial charge in [-0.05, 0) is 39.3 Å². The van der Waals surface area contributed by atoms with Gasteiger partial charge in [-0.25, -0.2) is 0 Å². The number of methoxy groups -OCH3 is 1. The zero-order chi connectivity index (χ0) is 16.1. The Morgan fingerprint density at radius 2 is 2.10 bits per heavy atom. The number of nitrogens with zero attached hydrogens (tertiary/aromatic N) is 1. The molecule has 1 aliphatic rings. The van der Waals surface area contributed by atoms with Crippen LogP contribution in [0.1, 0.15) is 33.1 Å². The average molecular weight is 310 g/mol. The third kappa shape index (κ3) is 5.14. The molecule has 1 heterocycles. The number of likely N-dealkylation sites (tertiary alicyclic amines) is 1. The first kappa shape index (κ1) is 18.2. The van der Waals surface area contributed by atoms with Crippen LogP contribution in [-0.4, -0.2) is 55.9 Å². The second kappa shape index (κ2) is 7.45. The van der Waals surface area contributed by atoms with Crippen molar-refractivity contribution in [2.45, 2.75) is 44.8 Å². The van der Waals surface area contributed by atoms with Crippen LogP contribution in [-0.2, 0) is 9.53 Å². The highest BCUT2D eigenvalue weighted by Gasteiger charge is 2.44. The van der Waals surface area contributed by atoms with Gasteiger partial charge in [-0.2, -0.15) is 13.2 Å². The number of halogens is 3. The molecule has 124 valence electrons. The Hall–Kier alpha value is -0.820. The zero-order valence-corrected chi connectivity index (χ0v) is 12.9. The van der Waals surface area contributed by atoms with E-state index in [1.54, 1.807) is 11.8 Å². The molecule has 1 saturated heterocycles. The van der Waals surface area contributed by atoms with Crippen LogP contribution in [0.3, 0.4) is 0 Å². The minimum absolute atomic E-state index is 0.0517. The van der Waals surface area contributed by atoms with Gasteiger partial charge in [0.05, 0.1) is 13.0 Å². The van der Waals surface area contributed by atoms with Gasteiger partial charge in [0.15, 0.2) is 0 Å². The molecule has 7 heteroatoms. The fourth-order valence-electron chi connectivity index (χ4n) is 2.73. The van der Waals surface area contributed by atoms with Gasteiger partial charge in [0.1, 0.15) is 5.54 Å². The lowest BCUT2D eigenvalue weighted by Gasteiger charge is -2.39. The van der Waals surface area contributed by atoms with Crippen LogP contribution in [0, 0.1) is 5.92 Å². The molecule has 0 aliphatic carbocycles. The van der Waals surface area contributed by atoms with Crippen molar-refractivity contribution in [2.75, 3.05) is 33.3 Å². The lowest BCUT2D eigenvalue weighted by Crippen LogP contribution is -2.59. The molecule has 0 aromatic rings. The molecule has 0 radical (unpaired) electrons. The van der Waals surface area contributed by atoms with Crippen LogP contribution < -0.4 is 5.32 Å². The topological polar surface area (TPSA) is 41.6 Å². The summed E-state index contributed by atoms with van der Waals surface area (Å²) in [6.07, 6.45) is -2.68. The van der Waals surface area contributed by atoms with E-state index in [0.29, 0.717) is 19.5 Å². The fourth-order valence-corrected chi connectivity index (χ4v) is 2.73. The number of carbonyl (C=O) groups excluding carboxylic acids is 1. The number of nitrogens with one attached hydrogen (secondary N) is 1. The van der Waals surface area contributed by atoms with Crippen molar-refractivity contribution in [1.29, 1.82) is 0 Å². The van der Waals surface area contributed by atoms with Crippen LogP contribution in [0.4, 0.5) is 13.2 Å². The molecule has 2 atom stereocenters. The quantitative estimate of drug-likeness (QED) is 0.764. The molecule has 2 unspecified atom stereocenters. The first-order chi connectivity index (χ1) is 9.73. The SMILES string of the molecule is CCCNC(C)(CN1CCCC(C(F)(F)F)C1)C(=O)OC. The molecule has 1 fully saturated rings. The summed E-state index contributed by atoms with van der Waals surface area (Å²) in [6, 6.07) is 0. The summed E-state index contributed by atoms with van der Waals surface area (Å²) in [6.45, 7) is 5.02. The van der Waals surface area contributed by atoms with E-state index in [0.717, 1.165) is 6.42 Å². The van der Waals surface area contributed by atoms with Gasteiger partial charge in [-0.3, -0.25) is 4.79 Å². The lowest BCUT2D eigenvalue weighted by atomic mass is 9.94. The number of carbonyl (C=O) groups is 1. The number of esters is 1. The molecule has 0 amide bonds. The first-order valence-electron chi connectivity index (χ1n) is 7.35. The highest BCUT2D eigenvalue weighted by Crippen LogP contribution is 2.33. The number of rotatable bonds is 6. The van der Waals surface area contributed by atoms with Crippen LogP contribution in [0.25, 0.3) is 0 Å². The van der Waals surface area contributed by atoms with Gasteiger partial charge in [-0.1, -0.05) is 6.92 Å². The van der Waals surface area contributed by atoms with Crippen molar-refractivity contribution in [3.63, 3.8) is 0 Å². The molecular formula is C14H25F3N2O2. The normalized spacial score (nSPS) is 23.6. The number of ether oxygens (including phenoxy) is 1. The maximum absolute atomic E-state index is 12.8. The second-order valence-electron chi connectivity index (χ2n) is 5.87. The minimum atomic E-state index is -4.17. The summed E-state index contributed by atoms with van der Waals surface area (Å²) in [7, 11) is 1.29. The van der Waals surface area contributed by atoms with E-state index in [1.165, 1.54) is 7.11 Å². The predicted octanol–water partition coefficient (Wildman–Crippen LogP) is 2.19. The molecule has 4 nitrogen and oxygen atoms in total. The molecule has 0 aromatic heterocycles. The van der Waals surface area contributed by atoms with Gasteiger partial charge >= 0.3 is 12.1 Å². The maximum atomic E-state index is 12.8. The van der Waals surface area contributed by atoms with Crippen molar-refractivity contribution in [3.8, 4) is 0 Å². The van der Waals surface area contributed by atoms with Gasteiger partial charge in [-0.15, -0.1) is 0 Å². The molecule has 0 saturated carbocycles. The van der Waals surface area contributed by atoms with E-state index < -0.39 is 23.6 Å². The Bertz CT molecular complexity index is 350. The van der Waals surface area contributed by atoms with E-state index in [2.05, 4.69) is 5.32 Å². The second-order valence-corrected chi connectivity index (χ2v) is 5.87. The minimum Gasteiger partial charge on any atom is -0.468 e. The average Bonchev–Trinajstić information content (AvgIpc) is 2.43. The summed E-state index contributed by atoms with van der Waals surface area (Å²) in [4.78, 5) is 13.7. The van der Waals surface area contributed by atoms with E-state index in [4.69, 9.17) is 4.74 Å². The summed E-state index contributed by atoms with van der Waals surface area (Å²) in [5.74, 6) is -1.75. The highest BCUT2D eigenvalue weighted by atomic mass is 19.4. The molecule has 21 heavy (non-hydrogen) atoms. The third-order valence-electron chi connectivity index (χ3n) is 3.91. The van der Waals surface area contributed by atoms with Crippen molar-refractivity contribution in [1.82, 2.24) is 10.2 Å². The number of hydrogen-bond donors (Lipinski definition) is 1. The van der Waals surface area contributed by atoms with E-state index in [1.807, 2.05) is 6.92 Å². The molecule has 1 aliphatic heterocycles.